The normalized spacial score (nSPS) is 16.2. The second kappa shape index (κ2) is 12.0. The predicted octanol–water partition coefficient (Wildman–Crippen LogP) is 3.89. The Morgan fingerprint density at radius 3 is 2.50 bits per heavy atom. The zero-order valence-corrected chi connectivity index (χ0v) is 16.2. The fourth-order valence-electron chi connectivity index (χ4n) is 3.33. The highest BCUT2D eigenvalue weighted by molar-refractivity contribution is 5.99. The van der Waals surface area contributed by atoms with E-state index < -0.39 is 11.7 Å². The molecule has 6 heteroatoms. The van der Waals surface area contributed by atoms with Crippen LogP contribution in [0.15, 0.2) is 24.3 Å². The van der Waals surface area contributed by atoms with Gasteiger partial charge in [0.2, 0.25) is 5.91 Å². The van der Waals surface area contributed by atoms with Crippen molar-refractivity contribution >= 4 is 24.1 Å². The maximum absolute atomic E-state index is 13.2. The summed E-state index contributed by atoms with van der Waals surface area (Å²) in [4.78, 5) is 24.2. The van der Waals surface area contributed by atoms with Gasteiger partial charge in [-0.1, -0.05) is 44.7 Å². The Morgan fingerprint density at radius 2 is 1.85 bits per heavy atom. The van der Waals surface area contributed by atoms with Gasteiger partial charge in [0.05, 0.1) is 0 Å². The molecule has 1 aromatic carbocycles. The lowest BCUT2D eigenvalue weighted by atomic mass is 9.96. The van der Waals surface area contributed by atoms with E-state index in [0.717, 1.165) is 6.54 Å². The monoisotopic (exact) mass is 384 g/mol. The minimum absolute atomic E-state index is 0. The smallest absolute Gasteiger partial charge is 0.220 e. The Labute approximate surface area is 161 Å². The molecular formula is C20H30ClFN2O2. The summed E-state index contributed by atoms with van der Waals surface area (Å²) >= 11 is 0. The van der Waals surface area contributed by atoms with Gasteiger partial charge in [-0.2, -0.15) is 0 Å². The van der Waals surface area contributed by atoms with Gasteiger partial charge in [-0.15, -0.1) is 12.4 Å². The first-order valence-corrected chi connectivity index (χ1v) is 9.36. The molecule has 0 aromatic heterocycles. The molecule has 0 bridgehead atoms. The standard InChI is InChI=1S/C20H29FN2O2.ClH/c1-15(20(25)16-7-6-8-17(21)14-16)13-19(24)23-12-11-22-18-9-4-2-3-5-10-18;/h6-8,14-15,18,22H,2-5,9-13H2,1H3,(H,23,24);1H. The number of rotatable bonds is 8. The van der Waals surface area contributed by atoms with Crippen LogP contribution in [0, 0.1) is 11.7 Å². The van der Waals surface area contributed by atoms with E-state index in [2.05, 4.69) is 10.6 Å². The van der Waals surface area contributed by atoms with Gasteiger partial charge in [0, 0.05) is 37.0 Å². The number of hydrogen-bond donors (Lipinski definition) is 2. The molecule has 1 aliphatic carbocycles. The lowest BCUT2D eigenvalue weighted by Crippen LogP contribution is -2.37. The van der Waals surface area contributed by atoms with Crippen molar-refractivity contribution in [2.75, 3.05) is 13.1 Å². The number of nitrogens with one attached hydrogen (secondary N) is 2. The van der Waals surface area contributed by atoms with E-state index in [4.69, 9.17) is 0 Å². The molecule has 1 amide bonds. The van der Waals surface area contributed by atoms with Gasteiger partial charge in [-0.25, -0.2) is 4.39 Å². The second-order valence-corrected chi connectivity index (χ2v) is 6.97. The maximum atomic E-state index is 13.2. The van der Waals surface area contributed by atoms with E-state index in [-0.39, 0.29) is 30.5 Å². The van der Waals surface area contributed by atoms with Crippen LogP contribution in [0.1, 0.15) is 62.2 Å². The summed E-state index contributed by atoms with van der Waals surface area (Å²) < 4.78 is 13.2. The lowest BCUT2D eigenvalue weighted by molar-refractivity contribution is -0.121. The number of hydrogen-bond acceptors (Lipinski definition) is 3. The third-order valence-electron chi connectivity index (χ3n) is 4.78. The van der Waals surface area contributed by atoms with Crippen LogP contribution >= 0.6 is 12.4 Å². The van der Waals surface area contributed by atoms with Crippen LogP contribution in [0.2, 0.25) is 0 Å². The molecule has 26 heavy (non-hydrogen) atoms. The number of ketones is 1. The fraction of sp³-hybridized carbons (Fsp3) is 0.600. The number of benzene rings is 1. The molecule has 1 saturated carbocycles. The van der Waals surface area contributed by atoms with Gasteiger partial charge in [-0.05, 0) is 25.0 Å². The fourth-order valence-corrected chi connectivity index (χ4v) is 3.33. The third kappa shape index (κ3) is 7.83. The zero-order valence-electron chi connectivity index (χ0n) is 15.4. The summed E-state index contributed by atoms with van der Waals surface area (Å²) in [7, 11) is 0. The van der Waals surface area contributed by atoms with Crippen LogP contribution in [-0.4, -0.2) is 30.8 Å². The van der Waals surface area contributed by atoms with Crippen molar-refractivity contribution in [2.45, 2.75) is 57.9 Å². The molecule has 2 N–H and O–H groups in total. The van der Waals surface area contributed by atoms with E-state index in [1.54, 1.807) is 13.0 Å². The van der Waals surface area contributed by atoms with Crippen molar-refractivity contribution in [3.63, 3.8) is 0 Å². The molecule has 0 spiro atoms. The molecule has 0 saturated heterocycles. The van der Waals surface area contributed by atoms with Gasteiger partial charge < -0.3 is 10.6 Å². The zero-order chi connectivity index (χ0) is 18.1. The molecule has 0 heterocycles. The summed E-state index contributed by atoms with van der Waals surface area (Å²) in [5.41, 5.74) is 0.315. The summed E-state index contributed by atoms with van der Waals surface area (Å²) in [5.74, 6) is -1.24. The van der Waals surface area contributed by atoms with E-state index in [1.165, 1.54) is 56.7 Å². The van der Waals surface area contributed by atoms with Crippen LogP contribution in [0.4, 0.5) is 4.39 Å². The van der Waals surface area contributed by atoms with Gasteiger partial charge in [0.25, 0.3) is 0 Å². The van der Waals surface area contributed by atoms with Crippen molar-refractivity contribution in [3.05, 3.63) is 35.6 Å². The molecule has 1 aromatic rings. The van der Waals surface area contributed by atoms with E-state index >= 15 is 0 Å². The maximum Gasteiger partial charge on any atom is 0.220 e. The second-order valence-electron chi connectivity index (χ2n) is 6.97. The van der Waals surface area contributed by atoms with Crippen LogP contribution < -0.4 is 10.6 Å². The first-order chi connectivity index (χ1) is 12.1. The van der Waals surface area contributed by atoms with Crippen LogP contribution in [-0.2, 0) is 4.79 Å². The summed E-state index contributed by atoms with van der Waals surface area (Å²) in [6.07, 6.45) is 7.77. The number of carbonyl (C=O) groups excluding carboxylic acids is 2. The summed E-state index contributed by atoms with van der Waals surface area (Å²) in [6.45, 7) is 3.02. The Kier molecular flexibility index (Phi) is 10.4. The molecule has 0 aliphatic heterocycles. The topological polar surface area (TPSA) is 58.2 Å². The summed E-state index contributed by atoms with van der Waals surface area (Å²) in [6, 6.07) is 6.17. The van der Waals surface area contributed by atoms with E-state index in [9.17, 15) is 14.0 Å². The molecule has 4 nitrogen and oxygen atoms in total. The third-order valence-corrected chi connectivity index (χ3v) is 4.78. The minimum atomic E-state index is -0.461. The molecule has 146 valence electrons. The molecule has 0 radical (unpaired) electrons. The SMILES string of the molecule is CC(CC(=O)NCCNC1CCCCCC1)C(=O)c1cccc(F)c1.Cl. The molecule has 1 atom stereocenters. The van der Waals surface area contributed by atoms with E-state index in [1.807, 2.05) is 0 Å². The Hall–Kier alpha value is -1.46. The first-order valence-electron chi connectivity index (χ1n) is 9.36. The van der Waals surface area contributed by atoms with Crippen molar-refractivity contribution in [3.8, 4) is 0 Å². The molecule has 1 aliphatic rings. The van der Waals surface area contributed by atoms with Crippen molar-refractivity contribution in [1.29, 1.82) is 0 Å². The summed E-state index contributed by atoms with van der Waals surface area (Å²) in [5, 5.41) is 6.36. The van der Waals surface area contributed by atoms with Gasteiger partial charge >= 0.3 is 0 Å². The highest BCUT2D eigenvalue weighted by atomic mass is 35.5. The lowest BCUT2D eigenvalue weighted by Gasteiger charge is -2.16. The van der Waals surface area contributed by atoms with Gasteiger partial charge in [0.15, 0.2) is 5.78 Å². The largest absolute Gasteiger partial charge is 0.355 e. The number of amides is 1. The van der Waals surface area contributed by atoms with Crippen LogP contribution in [0.3, 0.4) is 0 Å². The number of Topliss-reactive ketones (excluding diaryl/α,β-unsaturated/α-hetero) is 1. The highest BCUT2D eigenvalue weighted by Crippen LogP contribution is 2.17. The van der Waals surface area contributed by atoms with Crippen LogP contribution in [0.5, 0.6) is 0 Å². The number of carbonyl (C=O) groups is 2. The molecule has 1 fully saturated rings. The van der Waals surface area contributed by atoms with Gasteiger partial charge in [-0.3, -0.25) is 9.59 Å². The van der Waals surface area contributed by atoms with Crippen molar-refractivity contribution in [2.24, 2.45) is 5.92 Å². The van der Waals surface area contributed by atoms with Crippen molar-refractivity contribution in [1.82, 2.24) is 10.6 Å². The van der Waals surface area contributed by atoms with E-state index in [0.29, 0.717) is 18.2 Å². The number of halogens is 2. The van der Waals surface area contributed by atoms with Crippen LogP contribution in [0.25, 0.3) is 0 Å². The van der Waals surface area contributed by atoms with Crippen molar-refractivity contribution < 1.29 is 14.0 Å². The quantitative estimate of drug-likeness (QED) is 0.406. The molecule has 1 unspecified atom stereocenters. The minimum Gasteiger partial charge on any atom is -0.355 e. The average molecular weight is 385 g/mol. The molecule has 2 rings (SSSR count). The Morgan fingerprint density at radius 1 is 1.15 bits per heavy atom. The van der Waals surface area contributed by atoms with Gasteiger partial charge in [0.1, 0.15) is 5.82 Å². The highest BCUT2D eigenvalue weighted by Gasteiger charge is 2.19. The Balaban J connectivity index is 0.00000338. The average Bonchev–Trinajstić information content (AvgIpc) is 2.87. The molecular weight excluding hydrogens is 355 g/mol. The first kappa shape index (κ1) is 22.6. The predicted molar refractivity (Wildman–Crippen MR) is 104 cm³/mol. The Bertz CT molecular complexity index is 575.